The predicted octanol–water partition coefficient (Wildman–Crippen LogP) is 3.26. The molecular weight excluding hydrogens is 420 g/mol. The summed E-state index contributed by atoms with van der Waals surface area (Å²) in [5, 5.41) is 5.88. The van der Waals surface area contributed by atoms with E-state index in [0.717, 1.165) is 10.5 Å². The third kappa shape index (κ3) is 4.52. The van der Waals surface area contributed by atoms with Crippen molar-refractivity contribution in [3.05, 3.63) is 69.5 Å². The van der Waals surface area contributed by atoms with E-state index in [2.05, 4.69) is 10.6 Å². The van der Waals surface area contributed by atoms with Gasteiger partial charge in [0.05, 0.1) is 0 Å². The van der Waals surface area contributed by atoms with Gasteiger partial charge in [0.2, 0.25) is 5.91 Å². The Morgan fingerprint density at radius 1 is 1.17 bits per heavy atom. The minimum absolute atomic E-state index is 0.235. The van der Waals surface area contributed by atoms with E-state index in [4.69, 9.17) is 23.2 Å². The van der Waals surface area contributed by atoms with Crippen LogP contribution in [0, 0.1) is 5.82 Å². The SMILES string of the molecule is CC1(c2ccc(Cl)cc2Cl)NC(=O)N(CC(=O)NCCc2ccc(F)cc2)C1=O. The number of rotatable bonds is 6. The standard InChI is InChI=1S/C20H18Cl2FN3O3/c1-20(15-7-4-13(21)10-16(15)22)18(28)26(19(29)25-20)11-17(27)24-9-8-12-2-5-14(23)6-3-12/h2-7,10H,8-9,11H2,1H3,(H,24,27)(H,25,29). The summed E-state index contributed by atoms with van der Waals surface area (Å²) in [6.45, 7) is 1.39. The largest absolute Gasteiger partial charge is 0.354 e. The Bertz CT molecular complexity index is 968. The second-order valence-corrected chi connectivity index (χ2v) is 7.64. The van der Waals surface area contributed by atoms with Crippen molar-refractivity contribution in [3.8, 4) is 0 Å². The van der Waals surface area contributed by atoms with E-state index < -0.39 is 29.9 Å². The Morgan fingerprint density at radius 3 is 2.52 bits per heavy atom. The van der Waals surface area contributed by atoms with Gasteiger partial charge < -0.3 is 10.6 Å². The van der Waals surface area contributed by atoms with E-state index in [0.29, 0.717) is 17.0 Å². The molecule has 1 heterocycles. The monoisotopic (exact) mass is 437 g/mol. The van der Waals surface area contributed by atoms with Crippen LogP contribution in [0.3, 0.4) is 0 Å². The maximum atomic E-state index is 12.9. The average Bonchev–Trinajstić information content (AvgIpc) is 2.87. The summed E-state index contributed by atoms with van der Waals surface area (Å²) in [7, 11) is 0. The minimum Gasteiger partial charge on any atom is -0.354 e. The van der Waals surface area contributed by atoms with Gasteiger partial charge in [-0.05, 0) is 43.2 Å². The fourth-order valence-corrected chi connectivity index (χ4v) is 3.71. The summed E-state index contributed by atoms with van der Waals surface area (Å²) in [5.41, 5.74) is -0.152. The number of benzene rings is 2. The molecular formula is C20H18Cl2FN3O3. The van der Waals surface area contributed by atoms with Crippen LogP contribution >= 0.6 is 23.2 Å². The zero-order valence-electron chi connectivity index (χ0n) is 15.5. The van der Waals surface area contributed by atoms with E-state index in [-0.39, 0.29) is 17.4 Å². The lowest BCUT2D eigenvalue weighted by molar-refractivity contribution is -0.134. The van der Waals surface area contributed by atoms with Crippen LogP contribution in [0.15, 0.2) is 42.5 Å². The molecule has 29 heavy (non-hydrogen) atoms. The lowest BCUT2D eigenvalue weighted by Gasteiger charge is -2.23. The van der Waals surface area contributed by atoms with Crippen molar-refractivity contribution < 1.29 is 18.8 Å². The highest BCUT2D eigenvalue weighted by molar-refractivity contribution is 6.35. The fraction of sp³-hybridized carbons (Fsp3) is 0.250. The van der Waals surface area contributed by atoms with Gasteiger partial charge in [-0.1, -0.05) is 41.4 Å². The van der Waals surface area contributed by atoms with E-state index in [9.17, 15) is 18.8 Å². The molecule has 0 aliphatic carbocycles. The Balaban J connectivity index is 1.62. The normalized spacial score (nSPS) is 18.7. The summed E-state index contributed by atoms with van der Waals surface area (Å²) >= 11 is 12.1. The first-order valence-electron chi connectivity index (χ1n) is 8.81. The lowest BCUT2D eigenvalue weighted by Crippen LogP contribution is -2.43. The summed E-state index contributed by atoms with van der Waals surface area (Å²) in [4.78, 5) is 38.2. The minimum atomic E-state index is -1.40. The van der Waals surface area contributed by atoms with Crippen molar-refractivity contribution in [1.29, 1.82) is 0 Å². The molecule has 2 N–H and O–H groups in total. The van der Waals surface area contributed by atoms with Gasteiger partial charge in [0, 0.05) is 22.2 Å². The van der Waals surface area contributed by atoms with Crippen LogP contribution in [0.4, 0.5) is 9.18 Å². The molecule has 0 spiro atoms. The number of carbonyl (C=O) groups excluding carboxylic acids is 3. The summed E-state index contributed by atoms with van der Waals surface area (Å²) in [6.07, 6.45) is 0.490. The van der Waals surface area contributed by atoms with Crippen molar-refractivity contribution in [2.45, 2.75) is 18.9 Å². The zero-order chi connectivity index (χ0) is 21.2. The second kappa shape index (κ2) is 8.39. The van der Waals surface area contributed by atoms with Crippen LogP contribution in [0.2, 0.25) is 10.0 Å². The Labute approximate surface area is 177 Å². The van der Waals surface area contributed by atoms with Gasteiger partial charge in [-0.3, -0.25) is 14.5 Å². The van der Waals surface area contributed by atoms with Crippen LogP contribution < -0.4 is 10.6 Å². The van der Waals surface area contributed by atoms with Crippen LogP contribution in [-0.4, -0.2) is 35.8 Å². The van der Waals surface area contributed by atoms with Crippen LogP contribution in [0.1, 0.15) is 18.1 Å². The zero-order valence-corrected chi connectivity index (χ0v) is 17.0. The Morgan fingerprint density at radius 2 is 1.86 bits per heavy atom. The van der Waals surface area contributed by atoms with Gasteiger partial charge in [-0.15, -0.1) is 0 Å². The highest BCUT2D eigenvalue weighted by Crippen LogP contribution is 2.34. The lowest BCUT2D eigenvalue weighted by atomic mass is 9.92. The summed E-state index contributed by atoms with van der Waals surface area (Å²) in [5.74, 6) is -1.40. The van der Waals surface area contributed by atoms with Crippen molar-refractivity contribution >= 4 is 41.0 Å². The fourth-order valence-electron chi connectivity index (χ4n) is 3.11. The molecule has 1 atom stereocenters. The number of hydrogen-bond donors (Lipinski definition) is 2. The molecule has 1 aliphatic heterocycles. The molecule has 6 nitrogen and oxygen atoms in total. The number of amides is 4. The van der Waals surface area contributed by atoms with E-state index >= 15 is 0 Å². The molecule has 1 saturated heterocycles. The molecule has 2 aromatic rings. The van der Waals surface area contributed by atoms with Crippen LogP contribution in [-0.2, 0) is 21.5 Å². The molecule has 1 aliphatic rings. The topological polar surface area (TPSA) is 78.5 Å². The van der Waals surface area contributed by atoms with Gasteiger partial charge in [-0.25, -0.2) is 9.18 Å². The maximum absolute atomic E-state index is 12.9. The van der Waals surface area contributed by atoms with Gasteiger partial charge in [0.15, 0.2) is 0 Å². The molecule has 152 valence electrons. The number of halogens is 3. The Kier molecular flexibility index (Phi) is 6.10. The highest BCUT2D eigenvalue weighted by Gasteiger charge is 2.50. The molecule has 1 unspecified atom stereocenters. The van der Waals surface area contributed by atoms with Gasteiger partial charge in [0.1, 0.15) is 17.9 Å². The van der Waals surface area contributed by atoms with Gasteiger partial charge in [0.25, 0.3) is 5.91 Å². The van der Waals surface area contributed by atoms with Crippen LogP contribution in [0.5, 0.6) is 0 Å². The number of nitrogens with zero attached hydrogens (tertiary/aromatic N) is 1. The molecule has 0 bridgehead atoms. The molecule has 9 heteroatoms. The molecule has 0 saturated carbocycles. The average molecular weight is 438 g/mol. The number of urea groups is 1. The van der Waals surface area contributed by atoms with Gasteiger partial charge in [-0.2, -0.15) is 0 Å². The third-order valence-electron chi connectivity index (χ3n) is 4.70. The molecule has 3 rings (SSSR count). The van der Waals surface area contributed by atoms with Crippen molar-refractivity contribution in [3.63, 3.8) is 0 Å². The third-order valence-corrected chi connectivity index (χ3v) is 5.24. The van der Waals surface area contributed by atoms with E-state index in [1.807, 2.05) is 0 Å². The molecule has 0 radical (unpaired) electrons. The van der Waals surface area contributed by atoms with Crippen LogP contribution in [0.25, 0.3) is 0 Å². The number of hydrogen-bond acceptors (Lipinski definition) is 3. The smallest absolute Gasteiger partial charge is 0.325 e. The quantitative estimate of drug-likeness (QED) is 0.680. The van der Waals surface area contributed by atoms with Gasteiger partial charge >= 0.3 is 6.03 Å². The van der Waals surface area contributed by atoms with Crippen molar-refractivity contribution in [1.82, 2.24) is 15.5 Å². The maximum Gasteiger partial charge on any atom is 0.325 e. The molecule has 4 amide bonds. The van der Waals surface area contributed by atoms with E-state index in [1.54, 1.807) is 24.3 Å². The van der Waals surface area contributed by atoms with E-state index in [1.165, 1.54) is 25.1 Å². The number of imide groups is 1. The summed E-state index contributed by atoms with van der Waals surface area (Å²) in [6, 6.07) is 9.86. The predicted molar refractivity (Wildman–Crippen MR) is 107 cm³/mol. The first-order chi connectivity index (χ1) is 13.7. The van der Waals surface area contributed by atoms with Crippen molar-refractivity contribution in [2.24, 2.45) is 0 Å². The molecule has 0 aromatic heterocycles. The first kappa shape index (κ1) is 21.1. The number of carbonyl (C=O) groups is 3. The highest BCUT2D eigenvalue weighted by atomic mass is 35.5. The first-order valence-corrected chi connectivity index (χ1v) is 9.57. The molecule has 1 fully saturated rings. The number of nitrogens with one attached hydrogen (secondary N) is 2. The van der Waals surface area contributed by atoms with Crippen molar-refractivity contribution in [2.75, 3.05) is 13.1 Å². The molecule has 2 aromatic carbocycles. The second-order valence-electron chi connectivity index (χ2n) is 6.80. The Hall–Kier alpha value is -2.64. The summed E-state index contributed by atoms with van der Waals surface area (Å²) < 4.78 is 12.9.